The Bertz CT molecular complexity index is 1460. The third kappa shape index (κ3) is 3.69. The zero-order valence-electron chi connectivity index (χ0n) is 19.2. The van der Waals surface area contributed by atoms with Gasteiger partial charge in [0.25, 0.3) is 11.5 Å². The fourth-order valence-corrected chi connectivity index (χ4v) is 4.36. The Morgan fingerprint density at radius 1 is 1.21 bits per heavy atom. The van der Waals surface area contributed by atoms with Gasteiger partial charge in [0.1, 0.15) is 22.7 Å². The Morgan fingerprint density at radius 3 is 2.85 bits per heavy atom. The number of nitrogens with zero attached hydrogens (tertiary/aromatic N) is 2. The third-order valence-corrected chi connectivity index (χ3v) is 6.20. The Balaban J connectivity index is 1.52. The smallest absolute Gasteiger partial charge is 0.274 e. The third-order valence-electron chi connectivity index (χ3n) is 6.20. The molecule has 33 heavy (non-hydrogen) atoms. The van der Waals surface area contributed by atoms with Crippen LogP contribution in [0.3, 0.4) is 0 Å². The number of nitrogens with one attached hydrogen (secondary N) is 2. The van der Waals surface area contributed by atoms with Gasteiger partial charge in [0.2, 0.25) is 0 Å². The average molecular weight is 443 g/mol. The summed E-state index contributed by atoms with van der Waals surface area (Å²) in [5, 5.41) is 3.73. The quantitative estimate of drug-likeness (QED) is 0.486. The van der Waals surface area contributed by atoms with E-state index >= 15 is 0 Å². The van der Waals surface area contributed by atoms with Crippen LogP contribution in [-0.2, 0) is 13.5 Å². The van der Waals surface area contributed by atoms with Gasteiger partial charge in [-0.15, -0.1) is 0 Å². The Morgan fingerprint density at radius 2 is 2.03 bits per heavy atom. The molecule has 7 nitrogen and oxygen atoms in total. The number of hydrogen-bond donors (Lipinski definition) is 2. The van der Waals surface area contributed by atoms with Gasteiger partial charge in [-0.2, -0.15) is 0 Å². The summed E-state index contributed by atoms with van der Waals surface area (Å²) in [5.74, 6) is 0.815. The van der Waals surface area contributed by atoms with E-state index in [0.717, 1.165) is 34.9 Å². The van der Waals surface area contributed by atoms with Gasteiger partial charge >= 0.3 is 0 Å². The number of carbonyl (C=O) groups is 1. The van der Waals surface area contributed by atoms with E-state index in [2.05, 4.69) is 10.3 Å². The van der Waals surface area contributed by atoms with Crippen molar-refractivity contribution in [2.75, 3.05) is 5.32 Å². The lowest BCUT2D eigenvalue weighted by Gasteiger charge is -2.33. The van der Waals surface area contributed by atoms with Gasteiger partial charge in [0.15, 0.2) is 0 Å². The molecule has 4 heterocycles. The molecule has 0 radical (unpaired) electrons. The number of aromatic amines is 1. The maximum Gasteiger partial charge on any atom is 0.274 e. The number of para-hydroxylation sites is 1. The van der Waals surface area contributed by atoms with Crippen LogP contribution in [0.1, 0.15) is 41.8 Å². The molecule has 0 bridgehead atoms. The molecular formula is C26H26N4O3. The first-order chi connectivity index (χ1) is 15.7. The van der Waals surface area contributed by atoms with Crippen molar-refractivity contribution in [3.8, 4) is 17.0 Å². The van der Waals surface area contributed by atoms with Gasteiger partial charge in [-0.1, -0.05) is 18.2 Å². The number of carbonyl (C=O) groups excluding carboxylic acids is 1. The van der Waals surface area contributed by atoms with Crippen LogP contribution in [-0.4, -0.2) is 26.0 Å². The highest BCUT2D eigenvalue weighted by Crippen LogP contribution is 2.36. The van der Waals surface area contributed by atoms with Crippen molar-refractivity contribution in [2.24, 2.45) is 7.05 Å². The molecule has 0 fully saturated rings. The zero-order chi connectivity index (χ0) is 23.3. The number of H-pyrrole nitrogens is 1. The van der Waals surface area contributed by atoms with Crippen LogP contribution in [0.4, 0.5) is 5.82 Å². The number of aryl methyl sites for hydroxylation is 3. The van der Waals surface area contributed by atoms with Gasteiger partial charge in [-0.05, 0) is 62.9 Å². The van der Waals surface area contributed by atoms with Crippen molar-refractivity contribution in [3.63, 3.8) is 0 Å². The second-order valence-corrected chi connectivity index (χ2v) is 9.20. The summed E-state index contributed by atoms with van der Waals surface area (Å²) < 4.78 is 7.71. The number of pyridine rings is 2. The molecule has 1 aromatic carbocycles. The summed E-state index contributed by atoms with van der Waals surface area (Å²) in [6.45, 7) is 6.03. The van der Waals surface area contributed by atoms with Crippen LogP contribution in [0.2, 0.25) is 0 Å². The molecule has 0 unspecified atom stereocenters. The minimum absolute atomic E-state index is 0.0994. The van der Waals surface area contributed by atoms with E-state index in [9.17, 15) is 9.59 Å². The molecule has 1 amide bonds. The molecule has 168 valence electrons. The summed E-state index contributed by atoms with van der Waals surface area (Å²) in [6.07, 6.45) is 5.30. The number of aromatic nitrogens is 3. The van der Waals surface area contributed by atoms with Crippen LogP contribution in [0.15, 0.2) is 53.6 Å². The lowest BCUT2D eigenvalue weighted by atomic mass is 9.92. The molecule has 5 rings (SSSR count). The highest BCUT2D eigenvalue weighted by molar-refractivity contribution is 6.06. The SMILES string of the molecule is Cc1ccc(NC(=O)c2cccc3c2OC(C)(C)CC3)nc1-c1cn(C)c(=O)c2[nH]ccc12. The van der Waals surface area contributed by atoms with Crippen LogP contribution in [0.25, 0.3) is 22.2 Å². The number of hydrogen-bond acceptors (Lipinski definition) is 4. The number of rotatable bonds is 3. The molecule has 0 aliphatic carbocycles. The van der Waals surface area contributed by atoms with Crippen LogP contribution >= 0.6 is 0 Å². The Labute approximate surface area is 191 Å². The second-order valence-electron chi connectivity index (χ2n) is 9.20. The minimum Gasteiger partial charge on any atom is -0.487 e. The minimum atomic E-state index is -0.316. The van der Waals surface area contributed by atoms with E-state index in [1.165, 1.54) is 4.57 Å². The predicted octanol–water partition coefficient (Wildman–Crippen LogP) is 4.59. The Kier molecular flexibility index (Phi) is 4.85. The Hall–Kier alpha value is -3.87. The van der Waals surface area contributed by atoms with E-state index in [1.54, 1.807) is 31.6 Å². The molecule has 3 aromatic heterocycles. The highest BCUT2D eigenvalue weighted by atomic mass is 16.5. The van der Waals surface area contributed by atoms with Gasteiger partial charge in [0, 0.05) is 30.4 Å². The first kappa shape index (κ1) is 21.0. The fourth-order valence-electron chi connectivity index (χ4n) is 4.36. The number of anilines is 1. The highest BCUT2D eigenvalue weighted by Gasteiger charge is 2.30. The summed E-state index contributed by atoms with van der Waals surface area (Å²) >= 11 is 0. The standard InChI is InChI=1S/C26H26N4O3/c1-15-8-9-20(28-21(15)19-14-30(4)25(32)22-17(19)11-13-27-22)29-24(31)18-7-5-6-16-10-12-26(2,3)33-23(16)18/h5-9,11,13-14,27H,10,12H2,1-4H3,(H,28,29,31). The predicted molar refractivity (Wildman–Crippen MR) is 129 cm³/mol. The maximum atomic E-state index is 13.2. The molecule has 1 aliphatic heterocycles. The van der Waals surface area contributed by atoms with Crippen molar-refractivity contribution in [3.05, 3.63) is 75.8 Å². The summed E-state index contributed by atoms with van der Waals surface area (Å²) in [6, 6.07) is 11.2. The van der Waals surface area contributed by atoms with Crippen LogP contribution in [0.5, 0.6) is 5.75 Å². The summed E-state index contributed by atoms with van der Waals surface area (Å²) in [4.78, 5) is 33.4. The van der Waals surface area contributed by atoms with E-state index in [-0.39, 0.29) is 17.1 Å². The molecule has 0 spiro atoms. The van der Waals surface area contributed by atoms with Gasteiger partial charge < -0.3 is 19.6 Å². The molecule has 7 heteroatoms. The maximum absolute atomic E-state index is 13.2. The summed E-state index contributed by atoms with van der Waals surface area (Å²) in [7, 11) is 1.72. The fraction of sp³-hybridized carbons (Fsp3) is 0.269. The topological polar surface area (TPSA) is 89.0 Å². The largest absolute Gasteiger partial charge is 0.487 e. The van der Waals surface area contributed by atoms with E-state index in [4.69, 9.17) is 9.72 Å². The van der Waals surface area contributed by atoms with E-state index < -0.39 is 0 Å². The summed E-state index contributed by atoms with van der Waals surface area (Å²) in [5.41, 5.74) is 4.13. The first-order valence-corrected chi connectivity index (χ1v) is 11.0. The van der Waals surface area contributed by atoms with Crippen molar-refractivity contribution < 1.29 is 9.53 Å². The van der Waals surface area contributed by atoms with Gasteiger partial charge in [-0.3, -0.25) is 9.59 Å². The zero-order valence-corrected chi connectivity index (χ0v) is 19.2. The van der Waals surface area contributed by atoms with Gasteiger partial charge in [0.05, 0.1) is 11.3 Å². The number of fused-ring (bicyclic) bond motifs is 2. The van der Waals surface area contributed by atoms with Crippen molar-refractivity contribution in [1.82, 2.24) is 14.5 Å². The van der Waals surface area contributed by atoms with Crippen LogP contribution in [0, 0.1) is 6.92 Å². The molecule has 2 N–H and O–H groups in total. The lowest BCUT2D eigenvalue weighted by molar-refractivity contribution is 0.0811. The second kappa shape index (κ2) is 7.62. The lowest BCUT2D eigenvalue weighted by Crippen LogP contribution is -2.33. The molecule has 1 aliphatic rings. The molecule has 4 aromatic rings. The number of amides is 1. The molecule has 0 atom stereocenters. The van der Waals surface area contributed by atoms with Crippen LogP contribution < -0.4 is 15.6 Å². The van der Waals surface area contributed by atoms with Gasteiger partial charge in [-0.25, -0.2) is 4.98 Å². The average Bonchev–Trinajstić information content (AvgIpc) is 3.27. The van der Waals surface area contributed by atoms with Crippen molar-refractivity contribution >= 4 is 22.6 Å². The van der Waals surface area contributed by atoms with E-state index in [1.807, 2.05) is 45.0 Å². The van der Waals surface area contributed by atoms with E-state index in [0.29, 0.717) is 28.3 Å². The van der Waals surface area contributed by atoms with Crippen molar-refractivity contribution in [2.45, 2.75) is 39.2 Å². The first-order valence-electron chi connectivity index (χ1n) is 11.0. The normalized spacial score (nSPS) is 14.5. The number of benzene rings is 1. The number of ether oxygens (including phenoxy) is 1. The molecule has 0 saturated carbocycles. The van der Waals surface area contributed by atoms with Crippen molar-refractivity contribution in [1.29, 1.82) is 0 Å². The monoisotopic (exact) mass is 442 g/mol. The molecular weight excluding hydrogens is 416 g/mol. The molecule has 0 saturated heterocycles.